The smallest absolute Gasteiger partial charge is 0.407 e. The zero-order valence-electron chi connectivity index (χ0n) is 19.2. The van der Waals surface area contributed by atoms with E-state index < -0.39 is 12.1 Å². The fourth-order valence-electron chi connectivity index (χ4n) is 4.30. The quantitative estimate of drug-likeness (QED) is 0.527. The summed E-state index contributed by atoms with van der Waals surface area (Å²) in [5, 5.41) is 6.08. The van der Waals surface area contributed by atoms with Gasteiger partial charge in [0.25, 0.3) is 0 Å². The van der Waals surface area contributed by atoms with Crippen LogP contribution in [0.5, 0.6) is 0 Å². The molecule has 2 aliphatic rings. The van der Waals surface area contributed by atoms with Gasteiger partial charge in [0.2, 0.25) is 5.91 Å². The fraction of sp³-hybridized carbons (Fsp3) is 0.864. The topological polar surface area (TPSA) is 96.7 Å². The summed E-state index contributed by atoms with van der Waals surface area (Å²) >= 11 is 5.85. The highest BCUT2D eigenvalue weighted by molar-refractivity contribution is 7.80. The van der Waals surface area contributed by atoms with E-state index in [0.717, 1.165) is 45.1 Å². The molecule has 8 heteroatoms. The van der Waals surface area contributed by atoms with Crippen molar-refractivity contribution in [2.45, 2.75) is 84.3 Å². The second-order valence-electron chi connectivity index (χ2n) is 9.76. The van der Waals surface area contributed by atoms with Crippen molar-refractivity contribution in [1.82, 2.24) is 15.5 Å². The van der Waals surface area contributed by atoms with E-state index >= 15 is 0 Å². The summed E-state index contributed by atoms with van der Waals surface area (Å²) in [6.07, 6.45) is 5.38. The molecule has 7 nitrogen and oxygen atoms in total. The lowest BCUT2D eigenvalue weighted by Gasteiger charge is -2.41. The summed E-state index contributed by atoms with van der Waals surface area (Å²) < 4.78 is 4.84. The predicted octanol–water partition coefficient (Wildman–Crippen LogP) is 2.82. The van der Waals surface area contributed by atoms with Gasteiger partial charge in [-0.3, -0.25) is 4.79 Å². The molecule has 0 radical (unpaired) electrons. The molecule has 0 spiro atoms. The lowest BCUT2D eigenvalue weighted by atomic mass is 9.74. The van der Waals surface area contributed by atoms with E-state index in [0.29, 0.717) is 23.5 Å². The van der Waals surface area contributed by atoms with Gasteiger partial charge in [-0.15, -0.1) is 0 Å². The summed E-state index contributed by atoms with van der Waals surface area (Å²) in [5.41, 5.74) is 5.69. The molecule has 0 unspecified atom stereocenters. The van der Waals surface area contributed by atoms with Crippen molar-refractivity contribution in [2.24, 2.45) is 23.0 Å². The van der Waals surface area contributed by atoms with Gasteiger partial charge in [-0.05, 0) is 55.8 Å². The van der Waals surface area contributed by atoms with Gasteiger partial charge in [0, 0.05) is 19.1 Å². The number of amides is 2. The van der Waals surface area contributed by atoms with Crippen molar-refractivity contribution < 1.29 is 14.3 Å². The van der Waals surface area contributed by atoms with E-state index in [1.54, 1.807) is 0 Å². The highest BCUT2D eigenvalue weighted by Crippen LogP contribution is 2.34. The molecular weight excluding hydrogens is 400 g/mol. The zero-order valence-corrected chi connectivity index (χ0v) is 20.0. The Bertz CT molecular complexity index is 618. The molecule has 2 fully saturated rings. The number of carbonyl (C=O) groups excluding carboxylic acids is 2. The monoisotopic (exact) mass is 440 g/mol. The molecule has 1 heterocycles. The highest BCUT2D eigenvalue weighted by Gasteiger charge is 2.42. The van der Waals surface area contributed by atoms with Gasteiger partial charge in [-0.1, -0.05) is 39.9 Å². The standard InChI is InChI=1S/C22H40N4O3S/c1-14(2)22(3,4)18(25-21(28)29-5)20(30)26-12-6-7-17(26)19(27)24-13-15-8-10-16(23)11-9-15/h14-18H,6-13,23H2,1-5H3,(H,24,27)(H,25,28)/t15?,16?,17-,18+/m0/s1. The van der Waals surface area contributed by atoms with Crippen LogP contribution in [0.4, 0.5) is 4.79 Å². The highest BCUT2D eigenvalue weighted by atomic mass is 32.1. The number of nitrogens with two attached hydrogens (primary N) is 1. The number of rotatable bonds is 7. The number of hydrogen-bond donors (Lipinski definition) is 3. The number of alkyl carbamates (subject to hydrolysis) is 1. The number of thiocarbonyl (C=S) groups is 1. The lowest BCUT2D eigenvalue weighted by molar-refractivity contribution is -0.124. The van der Waals surface area contributed by atoms with Crippen LogP contribution in [0, 0.1) is 17.3 Å². The molecule has 1 aliphatic heterocycles. The third-order valence-corrected chi connectivity index (χ3v) is 7.69. The van der Waals surface area contributed by atoms with Crippen molar-refractivity contribution in [3.63, 3.8) is 0 Å². The Labute approximate surface area is 186 Å². The first-order chi connectivity index (χ1) is 14.1. The maximum atomic E-state index is 13.0. The van der Waals surface area contributed by atoms with Gasteiger partial charge in [-0.25, -0.2) is 4.79 Å². The molecule has 2 atom stereocenters. The van der Waals surface area contributed by atoms with E-state index in [1.165, 1.54) is 7.11 Å². The third kappa shape index (κ3) is 6.06. The van der Waals surface area contributed by atoms with E-state index in [-0.39, 0.29) is 23.3 Å². The molecule has 1 saturated heterocycles. The number of nitrogens with zero attached hydrogens (tertiary/aromatic N) is 1. The summed E-state index contributed by atoms with van der Waals surface area (Å²) in [5.74, 6) is 0.804. The van der Waals surface area contributed by atoms with Crippen molar-refractivity contribution in [3.05, 3.63) is 0 Å². The lowest BCUT2D eigenvalue weighted by Crippen LogP contribution is -2.58. The van der Waals surface area contributed by atoms with Crippen molar-refractivity contribution in [3.8, 4) is 0 Å². The number of carbonyl (C=O) groups is 2. The predicted molar refractivity (Wildman–Crippen MR) is 123 cm³/mol. The first kappa shape index (κ1) is 24.9. The summed E-state index contributed by atoms with van der Waals surface area (Å²) in [7, 11) is 1.35. The Morgan fingerprint density at radius 2 is 1.83 bits per heavy atom. The Morgan fingerprint density at radius 3 is 2.40 bits per heavy atom. The SMILES string of the molecule is COC(=O)N[C@H](C(=S)N1CCC[C@H]1C(=O)NCC1CCC(N)CC1)C(C)(C)C(C)C. The van der Waals surface area contributed by atoms with Crippen LogP contribution < -0.4 is 16.4 Å². The van der Waals surface area contributed by atoms with Crippen LogP contribution >= 0.6 is 12.2 Å². The number of hydrogen-bond acceptors (Lipinski definition) is 5. The van der Waals surface area contributed by atoms with Crippen LogP contribution in [-0.2, 0) is 9.53 Å². The Balaban J connectivity index is 2.05. The third-order valence-electron chi connectivity index (χ3n) is 7.22. The first-order valence-electron chi connectivity index (χ1n) is 11.3. The van der Waals surface area contributed by atoms with Gasteiger partial charge in [0.1, 0.15) is 11.0 Å². The summed E-state index contributed by atoms with van der Waals surface area (Å²) in [4.78, 5) is 27.6. The van der Waals surface area contributed by atoms with Crippen molar-refractivity contribution >= 4 is 29.2 Å². The van der Waals surface area contributed by atoms with Crippen LogP contribution in [0.2, 0.25) is 0 Å². The fourth-order valence-corrected chi connectivity index (χ4v) is 4.88. The van der Waals surface area contributed by atoms with Crippen LogP contribution in [0.3, 0.4) is 0 Å². The minimum Gasteiger partial charge on any atom is -0.453 e. The van der Waals surface area contributed by atoms with Crippen LogP contribution in [0.1, 0.15) is 66.2 Å². The number of nitrogens with one attached hydrogen (secondary N) is 2. The molecule has 0 aromatic carbocycles. The summed E-state index contributed by atoms with van der Waals surface area (Å²) in [6.45, 7) is 9.82. The van der Waals surface area contributed by atoms with Gasteiger partial charge in [0.05, 0.1) is 13.2 Å². The molecule has 0 bridgehead atoms. The second kappa shape index (κ2) is 10.8. The Kier molecular flexibility index (Phi) is 8.91. The van der Waals surface area contributed by atoms with Crippen LogP contribution in [0.15, 0.2) is 0 Å². The van der Waals surface area contributed by atoms with E-state index in [2.05, 4.69) is 38.3 Å². The van der Waals surface area contributed by atoms with Crippen molar-refractivity contribution in [2.75, 3.05) is 20.2 Å². The minimum atomic E-state index is -0.508. The molecule has 1 saturated carbocycles. The second-order valence-corrected chi connectivity index (χ2v) is 10.2. The van der Waals surface area contributed by atoms with Gasteiger partial charge >= 0.3 is 6.09 Å². The zero-order chi connectivity index (χ0) is 22.5. The molecule has 172 valence electrons. The molecule has 2 amide bonds. The molecule has 0 aromatic heterocycles. The molecule has 30 heavy (non-hydrogen) atoms. The van der Waals surface area contributed by atoms with E-state index in [4.69, 9.17) is 22.7 Å². The number of likely N-dealkylation sites (tertiary alicyclic amines) is 1. The van der Waals surface area contributed by atoms with Gasteiger partial charge in [-0.2, -0.15) is 0 Å². The maximum absolute atomic E-state index is 13.0. The average molecular weight is 441 g/mol. The molecular formula is C22H40N4O3S. The van der Waals surface area contributed by atoms with E-state index in [9.17, 15) is 9.59 Å². The maximum Gasteiger partial charge on any atom is 0.407 e. The molecule has 1 aliphatic carbocycles. The summed E-state index contributed by atoms with van der Waals surface area (Å²) in [6, 6.07) is -0.371. The van der Waals surface area contributed by atoms with Crippen molar-refractivity contribution in [1.29, 1.82) is 0 Å². The number of ether oxygens (including phenoxy) is 1. The minimum absolute atomic E-state index is 0.0314. The molecule has 2 rings (SSSR count). The Hall–Kier alpha value is -1.41. The normalized spacial score (nSPS) is 25.7. The van der Waals surface area contributed by atoms with E-state index in [1.807, 2.05) is 4.90 Å². The Morgan fingerprint density at radius 1 is 1.20 bits per heavy atom. The average Bonchev–Trinajstić information content (AvgIpc) is 3.20. The molecule has 0 aromatic rings. The number of methoxy groups -OCH3 is 1. The van der Waals surface area contributed by atoms with Crippen LogP contribution in [-0.4, -0.2) is 60.2 Å². The molecule has 4 N–H and O–H groups in total. The largest absolute Gasteiger partial charge is 0.453 e. The first-order valence-corrected chi connectivity index (χ1v) is 11.7. The van der Waals surface area contributed by atoms with Gasteiger partial charge < -0.3 is 26.0 Å². The van der Waals surface area contributed by atoms with Crippen LogP contribution in [0.25, 0.3) is 0 Å². The van der Waals surface area contributed by atoms with Gasteiger partial charge in [0.15, 0.2) is 0 Å².